The second-order valence-corrected chi connectivity index (χ2v) is 7.85. The summed E-state index contributed by atoms with van der Waals surface area (Å²) in [5.41, 5.74) is 0. The van der Waals surface area contributed by atoms with Crippen LogP contribution in [0.4, 0.5) is 13.2 Å². The molecule has 5 nitrogen and oxygen atoms in total. The summed E-state index contributed by atoms with van der Waals surface area (Å²) in [7, 11) is -4.00. The van der Waals surface area contributed by atoms with Gasteiger partial charge in [-0.25, -0.2) is 12.7 Å². The van der Waals surface area contributed by atoms with Crippen molar-refractivity contribution in [1.82, 2.24) is 4.31 Å². The molecule has 0 aromatic carbocycles. The molecule has 0 aromatic rings. The number of piperidine rings is 1. The molecule has 1 aliphatic carbocycles. The van der Waals surface area contributed by atoms with Crippen LogP contribution >= 0.6 is 0 Å². The van der Waals surface area contributed by atoms with E-state index in [0.717, 1.165) is 4.31 Å². The summed E-state index contributed by atoms with van der Waals surface area (Å²) in [5.74, 6) is -3.86. The SMILES string of the molecule is O=C(O)C1CCCC1S(=O)(=O)N1CCCC(C(F)(F)F)C1. The van der Waals surface area contributed by atoms with Gasteiger partial charge in [-0.2, -0.15) is 13.2 Å². The van der Waals surface area contributed by atoms with E-state index in [0.29, 0.717) is 6.42 Å². The van der Waals surface area contributed by atoms with Gasteiger partial charge in [0.15, 0.2) is 0 Å². The van der Waals surface area contributed by atoms with Gasteiger partial charge in [0.25, 0.3) is 0 Å². The standard InChI is InChI=1S/C12H18F3NO4S/c13-12(14,15)8-3-2-6-16(7-8)21(19,20)10-5-1-4-9(10)11(17)18/h8-10H,1-7H2,(H,17,18). The van der Waals surface area contributed by atoms with Crippen molar-refractivity contribution in [3.05, 3.63) is 0 Å². The van der Waals surface area contributed by atoms with E-state index in [1.54, 1.807) is 0 Å². The Morgan fingerprint density at radius 2 is 1.81 bits per heavy atom. The van der Waals surface area contributed by atoms with Crippen molar-refractivity contribution >= 4 is 16.0 Å². The van der Waals surface area contributed by atoms with Crippen molar-refractivity contribution < 1.29 is 31.5 Å². The van der Waals surface area contributed by atoms with Crippen LogP contribution in [0.2, 0.25) is 0 Å². The zero-order valence-corrected chi connectivity index (χ0v) is 12.2. The Labute approximate surface area is 121 Å². The van der Waals surface area contributed by atoms with E-state index in [2.05, 4.69) is 0 Å². The Kier molecular flexibility index (Phi) is 4.53. The van der Waals surface area contributed by atoms with Crippen LogP contribution in [0.3, 0.4) is 0 Å². The molecule has 1 N–H and O–H groups in total. The Hall–Kier alpha value is -0.830. The number of alkyl halides is 3. The molecular formula is C12H18F3NO4S. The molecule has 0 bridgehead atoms. The van der Waals surface area contributed by atoms with E-state index < -0.39 is 45.8 Å². The maximum Gasteiger partial charge on any atom is 0.393 e. The number of aliphatic carboxylic acids is 1. The Bertz CT molecular complexity index is 505. The van der Waals surface area contributed by atoms with Crippen LogP contribution in [0.1, 0.15) is 32.1 Å². The molecular weight excluding hydrogens is 311 g/mol. The van der Waals surface area contributed by atoms with Gasteiger partial charge in [-0.3, -0.25) is 4.79 Å². The molecule has 1 saturated heterocycles. The van der Waals surface area contributed by atoms with E-state index in [9.17, 15) is 26.4 Å². The van der Waals surface area contributed by atoms with Gasteiger partial charge in [0, 0.05) is 13.1 Å². The lowest BCUT2D eigenvalue weighted by Crippen LogP contribution is -2.49. The van der Waals surface area contributed by atoms with Gasteiger partial charge in [0.05, 0.1) is 17.1 Å². The number of halogens is 3. The van der Waals surface area contributed by atoms with E-state index >= 15 is 0 Å². The second kappa shape index (κ2) is 5.75. The normalized spacial score (nSPS) is 32.2. The number of hydrogen-bond acceptors (Lipinski definition) is 3. The van der Waals surface area contributed by atoms with Crippen LogP contribution in [-0.4, -0.2) is 48.3 Å². The summed E-state index contributed by atoms with van der Waals surface area (Å²) in [6.07, 6.45) is -3.42. The maximum atomic E-state index is 12.8. The Morgan fingerprint density at radius 3 is 2.38 bits per heavy atom. The number of sulfonamides is 1. The van der Waals surface area contributed by atoms with E-state index in [4.69, 9.17) is 5.11 Å². The lowest BCUT2D eigenvalue weighted by molar-refractivity contribution is -0.182. The molecule has 122 valence electrons. The number of carboxylic acids is 1. The zero-order chi connectivity index (χ0) is 15.8. The first-order valence-electron chi connectivity index (χ1n) is 6.92. The van der Waals surface area contributed by atoms with Gasteiger partial charge < -0.3 is 5.11 Å². The van der Waals surface area contributed by atoms with E-state index in [1.807, 2.05) is 0 Å². The van der Waals surface area contributed by atoms with Gasteiger partial charge in [-0.05, 0) is 25.7 Å². The van der Waals surface area contributed by atoms with Gasteiger partial charge >= 0.3 is 12.1 Å². The first-order valence-corrected chi connectivity index (χ1v) is 8.43. The van der Waals surface area contributed by atoms with Gasteiger partial charge in [0.2, 0.25) is 10.0 Å². The molecule has 0 radical (unpaired) electrons. The fourth-order valence-corrected chi connectivity index (χ4v) is 5.48. The molecule has 0 spiro atoms. The minimum Gasteiger partial charge on any atom is -0.481 e. The fraction of sp³-hybridized carbons (Fsp3) is 0.917. The number of rotatable bonds is 3. The number of hydrogen-bond donors (Lipinski definition) is 1. The third kappa shape index (κ3) is 3.33. The van der Waals surface area contributed by atoms with Crippen LogP contribution in [0.25, 0.3) is 0 Å². The van der Waals surface area contributed by atoms with Crippen LogP contribution in [-0.2, 0) is 14.8 Å². The predicted octanol–water partition coefficient (Wildman–Crippen LogP) is 1.84. The monoisotopic (exact) mass is 329 g/mol. The number of carboxylic acid groups (broad SMARTS) is 1. The summed E-state index contributed by atoms with van der Waals surface area (Å²) < 4.78 is 64.1. The number of carbonyl (C=O) groups is 1. The van der Waals surface area contributed by atoms with Crippen molar-refractivity contribution in [2.45, 2.75) is 43.5 Å². The van der Waals surface area contributed by atoms with Crippen molar-refractivity contribution in [1.29, 1.82) is 0 Å². The average Bonchev–Trinajstić information content (AvgIpc) is 2.88. The Balaban J connectivity index is 2.17. The molecule has 0 amide bonds. The molecule has 21 heavy (non-hydrogen) atoms. The van der Waals surface area contributed by atoms with Crippen molar-refractivity contribution in [3.63, 3.8) is 0 Å². The molecule has 3 unspecified atom stereocenters. The third-order valence-corrected chi connectivity index (χ3v) is 6.74. The van der Waals surface area contributed by atoms with Crippen LogP contribution in [0.15, 0.2) is 0 Å². The summed E-state index contributed by atoms with van der Waals surface area (Å²) in [6, 6.07) is 0. The van der Waals surface area contributed by atoms with E-state index in [1.165, 1.54) is 0 Å². The van der Waals surface area contributed by atoms with Crippen molar-refractivity contribution in [3.8, 4) is 0 Å². The van der Waals surface area contributed by atoms with Crippen LogP contribution in [0.5, 0.6) is 0 Å². The van der Waals surface area contributed by atoms with Crippen LogP contribution in [0, 0.1) is 11.8 Å². The van der Waals surface area contributed by atoms with Crippen LogP contribution < -0.4 is 0 Å². The van der Waals surface area contributed by atoms with E-state index in [-0.39, 0.29) is 32.2 Å². The van der Waals surface area contributed by atoms with Gasteiger partial charge in [-0.1, -0.05) is 6.42 Å². The third-order valence-electron chi connectivity index (χ3n) is 4.36. The second-order valence-electron chi connectivity index (χ2n) is 5.70. The quantitative estimate of drug-likeness (QED) is 0.857. The summed E-state index contributed by atoms with van der Waals surface area (Å²) >= 11 is 0. The molecule has 2 rings (SSSR count). The maximum absolute atomic E-state index is 12.8. The summed E-state index contributed by atoms with van der Waals surface area (Å²) in [5, 5.41) is 7.97. The lowest BCUT2D eigenvalue weighted by Gasteiger charge is -2.35. The molecule has 2 aliphatic rings. The first kappa shape index (κ1) is 16.5. The topological polar surface area (TPSA) is 74.7 Å². The average molecular weight is 329 g/mol. The Morgan fingerprint density at radius 1 is 1.14 bits per heavy atom. The van der Waals surface area contributed by atoms with Crippen molar-refractivity contribution in [2.75, 3.05) is 13.1 Å². The van der Waals surface area contributed by atoms with Gasteiger partial charge in [-0.15, -0.1) is 0 Å². The molecule has 2 fully saturated rings. The van der Waals surface area contributed by atoms with Gasteiger partial charge in [0.1, 0.15) is 0 Å². The minimum atomic E-state index is -4.42. The first-order chi connectivity index (χ1) is 9.64. The highest BCUT2D eigenvalue weighted by Gasteiger charge is 2.48. The highest BCUT2D eigenvalue weighted by atomic mass is 32.2. The lowest BCUT2D eigenvalue weighted by atomic mass is 9.99. The largest absolute Gasteiger partial charge is 0.481 e. The number of nitrogens with zero attached hydrogens (tertiary/aromatic N) is 1. The van der Waals surface area contributed by atoms with Crippen molar-refractivity contribution in [2.24, 2.45) is 11.8 Å². The highest BCUT2D eigenvalue weighted by molar-refractivity contribution is 7.89. The molecule has 1 saturated carbocycles. The highest BCUT2D eigenvalue weighted by Crippen LogP contribution is 2.38. The molecule has 1 heterocycles. The summed E-state index contributed by atoms with van der Waals surface area (Å²) in [6.45, 7) is -0.549. The summed E-state index contributed by atoms with van der Waals surface area (Å²) in [4.78, 5) is 11.1. The fourth-order valence-electron chi connectivity index (χ4n) is 3.20. The molecule has 9 heteroatoms. The smallest absolute Gasteiger partial charge is 0.393 e. The zero-order valence-electron chi connectivity index (χ0n) is 11.3. The molecule has 1 aliphatic heterocycles. The molecule has 3 atom stereocenters. The predicted molar refractivity (Wildman–Crippen MR) is 68.0 cm³/mol. The minimum absolute atomic E-state index is 0.0394. The molecule has 0 aromatic heterocycles.